The van der Waals surface area contributed by atoms with E-state index in [0.29, 0.717) is 36.0 Å². The number of aliphatic hydroxyl groups excluding tert-OH is 1. The highest BCUT2D eigenvalue weighted by molar-refractivity contribution is 5.82. The minimum Gasteiger partial charge on any atom is -0.465 e. The fourth-order valence-corrected chi connectivity index (χ4v) is 4.65. The summed E-state index contributed by atoms with van der Waals surface area (Å²) in [7, 11) is 0. The van der Waals surface area contributed by atoms with Gasteiger partial charge in [0, 0.05) is 24.6 Å². The maximum atomic E-state index is 12.7. The lowest BCUT2D eigenvalue weighted by molar-refractivity contribution is 0.0619. The van der Waals surface area contributed by atoms with Crippen LogP contribution in [0.4, 0.5) is 5.82 Å². The standard InChI is InChI=1S/C27H28N6O4/c28-24-23-25-32-26(31-24)37-10-2-1-9-36-22-11-17(15-33(25)27(35)30-23)5-8-21(22)18-6-3-16(4-7-18)14-29-19-12-20(34)13-19/h1,3-9,11,19-20,29,34H,2,10,12-15H2,(H,30,35)(H2,28,31,32)/b9-1-. The van der Waals surface area contributed by atoms with Gasteiger partial charge in [0.2, 0.25) is 0 Å². The number of H-pyrrole nitrogens is 1. The van der Waals surface area contributed by atoms with Gasteiger partial charge in [0.25, 0.3) is 0 Å². The number of nitrogens with zero attached hydrogens (tertiary/aromatic N) is 3. The number of benzene rings is 2. The molecule has 1 fully saturated rings. The summed E-state index contributed by atoms with van der Waals surface area (Å²) in [5, 5.41) is 12.9. The summed E-state index contributed by atoms with van der Waals surface area (Å²) >= 11 is 0. The molecule has 0 unspecified atom stereocenters. The van der Waals surface area contributed by atoms with Gasteiger partial charge in [-0.25, -0.2) is 4.79 Å². The Kier molecular flexibility index (Phi) is 6.11. The summed E-state index contributed by atoms with van der Waals surface area (Å²) in [4.78, 5) is 24.0. The van der Waals surface area contributed by atoms with Crippen LogP contribution >= 0.6 is 0 Å². The summed E-state index contributed by atoms with van der Waals surface area (Å²) in [6.45, 7) is 1.37. The number of nitrogen functional groups attached to an aromatic ring is 1. The molecule has 0 atom stereocenters. The molecule has 0 amide bonds. The van der Waals surface area contributed by atoms with Gasteiger partial charge in [-0.1, -0.05) is 36.4 Å². The molecule has 0 spiro atoms. The normalized spacial score (nSPS) is 20.0. The third kappa shape index (κ3) is 4.81. The first-order chi connectivity index (χ1) is 18.0. The average Bonchev–Trinajstić information content (AvgIpc) is 3.19. The van der Waals surface area contributed by atoms with Crippen molar-refractivity contribution in [1.29, 1.82) is 0 Å². The van der Waals surface area contributed by atoms with Crippen molar-refractivity contribution >= 4 is 17.0 Å². The summed E-state index contributed by atoms with van der Waals surface area (Å²) in [6, 6.07) is 14.8. The second-order valence-electron chi connectivity index (χ2n) is 9.46. The van der Waals surface area contributed by atoms with Gasteiger partial charge in [0.05, 0.1) is 25.5 Å². The number of hydrogen-bond acceptors (Lipinski definition) is 8. The molecule has 1 saturated carbocycles. The number of aromatic amines is 1. The minimum absolute atomic E-state index is 0.129. The van der Waals surface area contributed by atoms with E-state index in [1.54, 1.807) is 6.26 Å². The lowest BCUT2D eigenvalue weighted by atomic mass is 9.89. The van der Waals surface area contributed by atoms with Gasteiger partial charge < -0.3 is 30.6 Å². The zero-order valence-corrected chi connectivity index (χ0v) is 20.2. The van der Waals surface area contributed by atoms with Crippen molar-refractivity contribution in [2.24, 2.45) is 0 Å². The number of anilines is 1. The van der Waals surface area contributed by atoms with Crippen LogP contribution in [0.25, 0.3) is 22.3 Å². The van der Waals surface area contributed by atoms with Crippen LogP contribution in [0, 0.1) is 0 Å². The number of rotatable bonds is 4. The van der Waals surface area contributed by atoms with E-state index in [1.165, 1.54) is 10.1 Å². The number of nitrogens with two attached hydrogens (primary N) is 1. The van der Waals surface area contributed by atoms with Gasteiger partial charge in [-0.3, -0.25) is 4.57 Å². The van der Waals surface area contributed by atoms with Crippen LogP contribution in [0.1, 0.15) is 30.4 Å². The maximum Gasteiger partial charge on any atom is 0.328 e. The number of ether oxygens (including phenoxy) is 2. The molecule has 6 rings (SSSR count). The number of aliphatic hydroxyl groups is 1. The average molecular weight is 501 g/mol. The largest absolute Gasteiger partial charge is 0.465 e. The Morgan fingerprint density at radius 3 is 2.81 bits per heavy atom. The molecule has 2 aromatic carbocycles. The molecule has 1 aliphatic carbocycles. The predicted octanol–water partition coefficient (Wildman–Crippen LogP) is 2.71. The summed E-state index contributed by atoms with van der Waals surface area (Å²) in [6.07, 6.45) is 5.58. The van der Waals surface area contributed by atoms with Gasteiger partial charge in [-0.15, -0.1) is 0 Å². The molecule has 2 aliphatic rings. The quantitative estimate of drug-likeness (QED) is 0.335. The molecule has 2 aromatic heterocycles. The smallest absolute Gasteiger partial charge is 0.328 e. The Labute approximate surface area is 212 Å². The number of aromatic nitrogens is 4. The molecule has 37 heavy (non-hydrogen) atoms. The first-order valence-electron chi connectivity index (χ1n) is 12.4. The zero-order chi connectivity index (χ0) is 25.4. The van der Waals surface area contributed by atoms with Gasteiger partial charge in [-0.2, -0.15) is 9.97 Å². The number of imidazole rings is 1. The van der Waals surface area contributed by atoms with E-state index >= 15 is 0 Å². The van der Waals surface area contributed by atoms with Gasteiger partial charge in [0.1, 0.15) is 11.3 Å². The topological polar surface area (TPSA) is 140 Å². The SMILES string of the molecule is Nc1nc2nc3c1[nH]c(=O)n3Cc1ccc(-c3ccc(CNC4CC(O)C4)cc3)c(c1)O/C=C\CCO2. The van der Waals surface area contributed by atoms with Crippen molar-refractivity contribution < 1.29 is 14.6 Å². The molecule has 190 valence electrons. The van der Waals surface area contributed by atoms with Crippen LogP contribution in [-0.2, 0) is 13.1 Å². The molecular weight excluding hydrogens is 472 g/mol. The number of hydrogen-bond donors (Lipinski definition) is 4. The molecule has 10 heteroatoms. The van der Waals surface area contributed by atoms with Crippen molar-refractivity contribution in [2.45, 2.75) is 44.5 Å². The first kappa shape index (κ1) is 23.3. The monoisotopic (exact) mass is 500 g/mol. The lowest BCUT2D eigenvalue weighted by Crippen LogP contribution is -2.43. The maximum absolute atomic E-state index is 12.7. The van der Waals surface area contributed by atoms with Crippen LogP contribution < -0.4 is 26.2 Å². The van der Waals surface area contributed by atoms with E-state index in [1.807, 2.05) is 24.3 Å². The highest BCUT2D eigenvalue weighted by Gasteiger charge is 2.26. The van der Waals surface area contributed by atoms with Crippen LogP contribution in [0.3, 0.4) is 0 Å². The van der Waals surface area contributed by atoms with Gasteiger partial charge >= 0.3 is 11.7 Å². The Bertz CT molecular complexity index is 1520. The summed E-state index contributed by atoms with van der Waals surface area (Å²) in [5.74, 6) is 0.852. The van der Waals surface area contributed by atoms with Crippen LogP contribution in [0.5, 0.6) is 11.8 Å². The highest BCUT2D eigenvalue weighted by atomic mass is 16.5. The Hall–Kier alpha value is -4.15. The second-order valence-corrected chi connectivity index (χ2v) is 9.46. The molecule has 10 nitrogen and oxygen atoms in total. The van der Waals surface area contributed by atoms with Crippen molar-refractivity contribution in [3.05, 3.63) is 76.4 Å². The molecule has 0 radical (unpaired) electrons. The Morgan fingerprint density at radius 2 is 2.00 bits per heavy atom. The molecule has 4 bridgehead atoms. The lowest BCUT2D eigenvalue weighted by Gasteiger charge is -2.32. The van der Waals surface area contributed by atoms with Crippen molar-refractivity contribution in [3.8, 4) is 22.9 Å². The Morgan fingerprint density at radius 1 is 1.16 bits per heavy atom. The summed E-state index contributed by atoms with van der Waals surface area (Å²) in [5.41, 5.74) is 10.5. The fourth-order valence-electron chi connectivity index (χ4n) is 4.65. The van der Waals surface area contributed by atoms with E-state index in [9.17, 15) is 9.90 Å². The summed E-state index contributed by atoms with van der Waals surface area (Å²) < 4.78 is 13.2. The van der Waals surface area contributed by atoms with Crippen LogP contribution in [-0.4, -0.2) is 43.4 Å². The molecule has 4 aromatic rings. The van der Waals surface area contributed by atoms with Gasteiger partial charge in [0.15, 0.2) is 11.5 Å². The third-order valence-electron chi connectivity index (χ3n) is 6.80. The van der Waals surface area contributed by atoms with Gasteiger partial charge in [-0.05, 0) is 41.7 Å². The number of fused-ring (bicyclic) bond motifs is 3. The highest BCUT2D eigenvalue weighted by Crippen LogP contribution is 2.32. The second kappa shape index (κ2) is 9.72. The molecule has 3 heterocycles. The van der Waals surface area contributed by atoms with Crippen molar-refractivity contribution in [2.75, 3.05) is 12.3 Å². The zero-order valence-electron chi connectivity index (χ0n) is 20.2. The van der Waals surface area contributed by atoms with E-state index in [2.05, 4.69) is 44.5 Å². The van der Waals surface area contributed by atoms with E-state index < -0.39 is 0 Å². The molecular formula is C27H28N6O4. The molecule has 0 saturated heterocycles. The minimum atomic E-state index is -0.327. The van der Waals surface area contributed by atoms with Crippen LogP contribution in [0.2, 0.25) is 0 Å². The molecule has 5 N–H and O–H groups in total. The Balaban J connectivity index is 1.31. The van der Waals surface area contributed by atoms with E-state index in [0.717, 1.165) is 36.1 Å². The van der Waals surface area contributed by atoms with Crippen LogP contribution in [0.15, 0.2) is 59.6 Å². The third-order valence-corrected chi connectivity index (χ3v) is 6.80. The first-order valence-corrected chi connectivity index (χ1v) is 12.4. The van der Waals surface area contributed by atoms with Crippen molar-refractivity contribution in [3.63, 3.8) is 0 Å². The van der Waals surface area contributed by atoms with Crippen molar-refractivity contribution in [1.82, 2.24) is 24.8 Å². The number of nitrogens with one attached hydrogen (secondary N) is 2. The predicted molar refractivity (Wildman–Crippen MR) is 139 cm³/mol. The fraction of sp³-hybridized carbons (Fsp3) is 0.296. The van der Waals surface area contributed by atoms with E-state index in [4.69, 9.17) is 15.2 Å². The van der Waals surface area contributed by atoms with E-state index in [-0.39, 0.29) is 30.2 Å². The molecule has 1 aliphatic heterocycles.